The van der Waals surface area contributed by atoms with Crippen LogP contribution < -0.4 is 0 Å². The van der Waals surface area contributed by atoms with Gasteiger partial charge in [-0.3, -0.25) is 0 Å². The maximum Gasteiger partial charge on any atom is 0.147 e. The molecular weight excluding hydrogens is 238 g/mol. The molecule has 0 N–H and O–H groups in total. The summed E-state index contributed by atoms with van der Waals surface area (Å²) in [6, 6.07) is 0. The smallest absolute Gasteiger partial charge is 0.147 e. The number of methoxy groups -OCH3 is 1. The standard InChI is InChI=1S/C12H22ClN3O/c1-9(2)8-16-10(6-12(3,4)17-5)14-15-11(16)7-13/h9H,6-8H2,1-5H3. The van der Waals surface area contributed by atoms with Gasteiger partial charge in [-0.1, -0.05) is 13.8 Å². The third kappa shape index (κ3) is 3.96. The van der Waals surface area contributed by atoms with Gasteiger partial charge in [-0.25, -0.2) is 0 Å². The number of nitrogens with zero attached hydrogens (tertiary/aromatic N) is 3. The SMILES string of the molecule is COC(C)(C)Cc1nnc(CCl)n1CC(C)C. The van der Waals surface area contributed by atoms with E-state index in [9.17, 15) is 0 Å². The molecule has 1 heterocycles. The number of rotatable bonds is 6. The summed E-state index contributed by atoms with van der Waals surface area (Å²) in [5, 5.41) is 8.35. The largest absolute Gasteiger partial charge is 0.378 e. The molecule has 0 amide bonds. The van der Waals surface area contributed by atoms with Crippen molar-refractivity contribution in [2.75, 3.05) is 7.11 Å². The fourth-order valence-corrected chi connectivity index (χ4v) is 1.83. The lowest BCUT2D eigenvalue weighted by Crippen LogP contribution is -2.28. The first-order valence-electron chi connectivity index (χ1n) is 5.91. The molecule has 0 atom stereocenters. The van der Waals surface area contributed by atoms with Crippen molar-refractivity contribution < 1.29 is 4.74 Å². The Labute approximate surface area is 108 Å². The number of hydrogen-bond acceptors (Lipinski definition) is 3. The second-order valence-corrected chi connectivity index (χ2v) is 5.58. The molecule has 0 aliphatic heterocycles. The van der Waals surface area contributed by atoms with Gasteiger partial charge in [0.05, 0.1) is 11.5 Å². The van der Waals surface area contributed by atoms with E-state index in [2.05, 4.69) is 28.6 Å². The van der Waals surface area contributed by atoms with E-state index in [1.54, 1.807) is 7.11 Å². The number of halogens is 1. The first-order valence-corrected chi connectivity index (χ1v) is 6.45. The Bertz CT molecular complexity index is 361. The summed E-state index contributed by atoms with van der Waals surface area (Å²) in [5.74, 6) is 2.72. The molecule has 0 saturated heterocycles. The predicted molar refractivity (Wildman–Crippen MR) is 69.2 cm³/mol. The average molecular weight is 260 g/mol. The van der Waals surface area contributed by atoms with E-state index >= 15 is 0 Å². The molecule has 0 radical (unpaired) electrons. The van der Waals surface area contributed by atoms with E-state index in [-0.39, 0.29) is 5.60 Å². The van der Waals surface area contributed by atoms with Crippen molar-refractivity contribution in [3.63, 3.8) is 0 Å². The first-order chi connectivity index (χ1) is 7.89. The first kappa shape index (κ1) is 14.5. The quantitative estimate of drug-likeness (QED) is 0.738. The highest BCUT2D eigenvalue weighted by Gasteiger charge is 2.22. The molecule has 0 aliphatic rings. The highest BCUT2D eigenvalue weighted by Crippen LogP contribution is 2.17. The lowest BCUT2D eigenvalue weighted by molar-refractivity contribution is 0.0207. The van der Waals surface area contributed by atoms with Crippen molar-refractivity contribution in [3.05, 3.63) is 11.6 Å². The highest BCUT2D eigenvalue weighted by atomic mass is 35.5. The van der Waals surface area contributed by atoms with Gasteiger partial charge in [0.1, 0.15) is 11.6 Å². The summed E-state index contributed by atoms with van der Waals surface area (Å²) >= 11 is 5.88. The second-order valence-electron chi connectivity index (χ2n) is 5.31. The molecule has 0 saturated carbocycles. The maximum atomic E-state index is 5.88. The molecule has 5 heteroatoms. The van der Waals surface area contributed by atoms with Crippen molar-refractivity contribution in [1.82, 2.24) is 14.8 Å². The normalized spacial score (nSPS) is 12.4. The van der Waals surface area contributed by atoms with Crippen molar-refractivity contribution in [2.24, 2.45) is 5.92 Å². The van der Waals surface area contributed by atoms with Crippen LogP contribution in [-0.4, -0.2) is 27.5 Å². The van der Waals surface area contributed by atoms with Gasteiger partial charge < -0.3 is 9.30 Å². The van der Waals surface area contributed by atoms with Crippen LogP contribution in [0, 0.1) is 5.92 Å². The molecule has 1 aromatic heterocycles. The summed E-state index contributed by atoms with van der Waals surface area (Å²) in [6.45, 7) is 9.32. The van der Waals surface area contributed by atoms with Crippen LogP contribution in [0.4, 0.5) is 0 Å². The van der Waals surface area contributed by atoms with Gasteiger partial charge >= 0.3 is 0 Å². The highest BCUT2D eigenvalue weighted by molar-refractivity contribution is 6.16. The van der Waals surface area contributed by atoms with Crippen LogP contribution in [0.25, 0.3) is 0 Å². The lowest BCUT2D eigenvalue weighted by Gasteiger charge is -2.23. The molecule has 0 aromatic carbocycles. The topological polar surface area (TPSA) is 39.9 Å². The molecule has 1 aromatic rings. The van der Waals surface area contributed by atoms with Crippen molar-refractivity contribution in [3.8, 4) is 0 Å². The Balaban J connectivity index is 2.95. The molecule has 0 spiro atoms. The van der Waals surface area contributed by atoms with Crippen molar-refractivity contribution in [2.45, 2.75) is 52.1 Å². The molecule has 1 rings (SSSR count). The van der Waals surface area contributed by atoms with Crippen LogP contribution in [0.15, 0.2) is 0 Å². The Hall–Kier alpha value is -0.610. The molecule has 17 heavy (non-hydrogen) atoms. The van der Waals surface area contributed by atoms with Crippen LogP contribution in [0.2, 0.25) is 0 Å². The molecule has 0 fully saturated rings. The van der Waals surface area contributed by atoms with Crippen molar-refractivity contribution in [1.29, 1.82) is 0 Å². The Morgan fingerprint density at radius 2 is 1.88 bits per heavy atom. The van der Waals surface area contributed by atoms with E-state index in [1.165, 1.54) is 0 Å². The lowest BCUT2D eigenvalue weighted by atomic mass is 10.0. The van der Waals surface area contributed by atoms with Crippen LogP contribution in [0.3, 0.4) is 0 Å². The number of aromatic nitrogens is 3. The number of hydrogen-bond donors (Lipinski definition) is 0. The maximum absolute atomic E-state index is 5.88. The van der Waals surface area contributed by atoms with E-state index in [4.69, 9.17) is 16.3 Å². The fourth-order valence-electron chi connectivity index (χ4n) is 1.63. The molecule has 4 nitrogen and oxygen atoms in total. The van der Waals surface area contributed by atoms with Gasteiger partial charge in [-0.05, 0) is 19.8 Å². The predicted octanol–water partition coefficient (Wildman–Crippen LogP) is 2.64. The van der Waals surface area contributed by atoms with Crippen molar-refractivity contribution >= 4 is 11.6 Å². The van der Waals surface area contributed by atoms with Gasteiger partial charge in [-0.2, -0.15) is 0 Å². The zero-order chi connectivity index (χ0) is 13.1. The van der Waals surface area contributed by atoms with Crippen LogP contribution >= 0.6 is 11.6 Å². The summed E-state index contributed by atoms with van der Waals surface area (Å²) in [4.78, 5) is 0. The summed E-state index contributed by atoms with van der Waals surface area (Å²) in [5.41, 5.74) is -0.231. The van der Waals surface area contributed by atoms with Gasteiger partial charge in [0.15, 0.2) is 0 Å². The van der Waals surface area contributed by atoms with E-state index < -0.39 is 0 Å². The second kappa shape index (κ2) is 5.83. The van der Waals surface area contributed by atoms with E-state index in [0.717, 1.165) is 24.6 Å². The zero-order valence-corrected chi connectivity index (χ0v) is 12.1. The van der Waals surface area contributed by atoms with E-state index in [0.29, 0.717) is 11.8 Å². The third-order valence-corrected chi connectivity index (χ3v) is 2.95. The summed E-state index contributed by atoms with van der Waals surface area (Å²) in [7, 11) is 1.71. The third-order valence-electron chi connectivity index (χ3n) is 2.71. The van der Waals surface area contributed by atoms with Gasteiger partial charge in [0.25, 0.3) is 0 Å². The Kier molecular flexibility index (Phi) is 4.95. The average Bonchev–Trinajstić information content (AvgIpc) is 2.60. The minimum Gasteiger partial charge on any atom is -0.378 e. The van der Waals surface area contributed by atoms with Crippen LogP contribution in [-0.2, 0) is 23.6 Å². The number of ether oxygens (including phenoxy) is 1. The summed E-state index contributed by atoms with van der Waals surface area (Å²) in [6.07, 6.45) is 0.736. The van der Waals surface area contributed by atoms with E-state index in [1.807, 2.05) is 13.8 Å². The minimum absolute atomic E-state index is 0.231. The van der Waals surface area contributed by atoms with Crippen LogP contribution in [0.1, 0.15) is 39.3 Å². The van der Waals surface area contributed by atoms with Gasteiger partial charge in [0, 0.05) is 20.1 Å². The summed E-state index contributed by atoms with van der Waals surface area (Å²) < 4.78 is 7.54. The van der Waals surface area contributed by atoms with Gasteiger partial charge in [0.2, 0.25) is 0 Å². The monoisotopic (exact) mass is 259 g/mol. The van der Waals surface area contributed by atoms with Gasteiger partial charge in [-0.15, -0.1) is 21.8 Å². The molecule has 98 valence electrons. The molecular formula is C12H22ClN3O. The molecule has 0 unspecified atom stereocenters. The Morgan fingerprint density at radius 1 is 1.29 bits per heavy atom. The number of alkyl halides is 1. The fraction of sp³-hybridized carbons (Fsp3) is 0.833. The Morgan fingerprint density at radius 3 is 2.35 bits per heavy atom. The molecule has 0 bridgehead atoms. The molecule has 0 aliphatic carbocycles. The van der Waals surface area contributed by atoms with Crippen LogP contribution in [0.5, 0.6) is 0 Å². The minimum atomic E-state index is -0.231. The zero-order valence-electron chi connectivity index (χ0n) is 11.3.